The quantitative estimate of drug-likeness (QED) is 0.433. The molecule has 7 nitrogen and oxygen atoms in total. The zero-order chi connectivity index (χ0) is 9.14. The Bertz CT molecular complexity index is 349. The maximum Gasteiger partial charge on any atom is 0.282 e. The summed E-state index contributed by atoms with van der Waals surface area (Å²) in [5.41, 5.74) is 0.144. The molecule has 0 bridgehead atoms. The summed E-state index contributed by atoms with van der Waals surface area (Å²) in [5.74, 6) is -0.0783. The van der Waals surface area contributed by atoms with Gasteiger partial charge in [0.15, 0.2) is 5.78 Å². The summed E-state index contributed by atoms with van der Waals surface area (Å²) in [7, 11) is 1.57. The van der Waals surface area contributed by atoms with Gasteiger partial charge in [-0.25, -0.2) is 9.36 Å². The number of rotatable bonds is 2. The summed E-state index contributed by atoms with van der Waals surface area (Å²) in [6, 6.07) is 0. The average Bonchev–Trinajstić information content (AvgIpc) is 2.30. The smallest absolute Gasteiger partial charge is 0.282 e. The van der Waals surface area contributed by atoms with Crippen LogP contribution in [0.4, 0.5) is 0 Å². The molecule has 0 aliphatic heterocycles. The standard InChI is InChI=1S/C5H9N5O2/c1-4(11)3-10-5(6-12)9(2)7-8-10/h12H,3H2,1-2H3. The Morgan fingerprint density at radius 1 is 1.67 bits per heavy atom. The van der Waals surface area contributed by atoms with Gasteiger partial charge in [0.1, 0.15) is 6.54 Å². The number of carbonyl (C=O) groups is 1. The van der Waals surface area contributed by atoms with Gasteiger partial charge in [0.25, 0.3) is 5.62 Å². The van der Waals surface area contributed by atoms with Crippen LogP contribution in [0.2, 0.25) is 0 Å². The number of nitrogens with zero attached hydrogens (tertiary/aromatic N) is 5. The van der Waals surface area contributed by atoms with Gasteiger partial charge in [-0.15, -0.1) is 0 Å². The topological polar surface area (TPSA) is 85.3 Å². The minimum Gasteiger partial charge on any atom is -0.408 e. The molecule has 0 unspecified atom stereocenters. The van der Waals surface area contributed by atoms with E-state index in [1.807, 2.05) is 0 Å². The molecule has 0 aromatic carbocycles. The Morgan fingerprint density at radius 2 is 2.33 bits per heavy atom. The molecule has 1 rings (SSSR count). The first-order valence-electron chi connectivity index (χ1n) is 3.29. The molecule has 0 aliphatic rings. The van der Waals surface area contributed by atoms with Gasteiger partial charge in [0, 0.05) is 7.05 Å². The van der Waals surface area contributed by atoms with Crippen LogP contribution in [0.15, 0.2) is 5.16 Å². The molecule has 7 heteroatoms. The van der Waals surface area contributed by atoms with Crippen molar-refractivity contribution < 1.29 is 10.0 Å². The first-order valence-corrected chi connectivity index (χ1v) is 3.29. The van der Waals surface area contributed by atoms with Gasteiger partial charge in [-0.05, 0) is 22.5 Å². The van der Waals surface area contributed by atoms with Crippen molar-refractivity contribution in [2.45, 2.75) is 13.5 Å². The minimum absolute atomic E-state index is 0.0627. The molecule has 66 valence electrons. The van der Waals surface area contributed by atoms with Gasteiger partial charge in [-0.1, -0.05) is 0 Å². The molecular weight excluding hydrogens is 162 g/mol. The van der Waals surface area contributed by atoms with E-state index < -0.39 is 0 Å². The third-order valence-electron chi connectivity index (χ3n) is 1.26. The highest BCUT2D eigenvalue weighted by Crippen LogP contribution is 1.75. The Balaban J connectivity index is 3.09. The van der Waals surface area contributed by atoms with Gasteiger partial charge >= 0.3 is 0 Å². The van der Waals surface area contributed by atoms with Gasteiger partial charge in [0.2, 0.25) is 0 Å². The highest BCUT2D eigenvalue weighted by Gasteiger charge is 2.03. The lowest BCUT2D eigenvalue weighted by Crippen LogP contribution is -2.27. The van der Waals surface area contributed by atoms with Gasteiger partial charge in [-0.2, -0.15) is 0 Å². The summed E-state index contributed by atoms with van der Waals surface area (Å²) in [6.45, 7) is 1.48. The number of aryl methyl sites for hydroxylation is 1. The average molecular weight is 171 g/mol. The van der Waals surface area contributed by atoms with Crippen LogP contribution in [-0.2, 0) is 18.4 Å². The molecule has 0 spiro atoms. The molecular formula is C5H9N5O2. The maximum atomic E-state index is 10.7. The van der Waals surface area contributed by atoms with Crippen LogP contribution in [0.1, 0.15) is 6.92 Å². The van der Waals surface area contributed by atoms with E-state index in [0.29, 0.717) is 0 Å². The molecule has 1 N–H and O–H groups in total. The Morgan fingerprint density at radius 3 is 2.83 bits per heavy atom. The van der Waals surface area contributed by atoms with Crippen molar-refractivity contribution in [3.63, 3.8) is 0 Å². The Labute approximate surface area is 67.9 Å². The van der Waals surface area contributed by atoms with E-state index in [1.165, 1.54) is 16.3 Å². The second-order valence-corrected chi connectivity index (χ2v) is 2.36. The van der Waals surface area contributed by atoms with Crippen molar-refractivity contribution in [1.82, 2.24) is 19.8 Å². The third-order valence-corrected chi connectivity index (χ3v) is 1.26. The molecule has 1 aromatic heterocycles. The van der Waals surface area contributed by atoms with Gasteiger partial charge in [0.05, 0.1) is 0 Å². The molecule has 1 aromatic rings. The van der Waals surface area contributed by atoms with E-state index in [-0.39, 0.29) is 17.9 Å². The SMILES string of the molecule is CC(=O)Cn1nnn(C)c1=NO. The van der Waals surface area contributed by atoms with E-state index in [4.69, 9.17) is 5.21 Å². The first-order chi connectivity index (χ1) is 5.65. The fraction of sp³-hybridized carbons (Fsp3) is 0.600. The minimum atomic E-state index is -0.0783. The Hall–Kier alpha value is -1.66. The lowest BCUT2D eigenvalue weighted by molar-refractivity contribution is -0.117. The van der Waals surface area contributed by atoms with E-state index >= 15 is 0 Å². The van der Waals surface area contributed by atoms with Crippen molar-refractivity contribution in [2.75, 3.05) is 0 Å². The summed E-state index contributed by atoms with van der Waals surface area (Å²) in [6.07, 6.45) is 0. The number of tetrazole rings is 1. The summed E-state index contributed by atoms with van der Waals surface area (Å²) in [5, 5.41) is 18.6. The molecule has 0 aliphatic carbocycles. The highest BCUT2D eigenvalue weighted by molar-refractivity contribution is 5.75. The Kier molecular flexibility index (Phi) is 2.22. The molecule has 0 saturated heterocycles. The second kappa shape index (κ2) is 3.16. The second-order valence-electron chi connectivity index (χ2n) is 2.36. The van der Waals surface area contributed by atoms with Gasteiger partial charge in [-0.3, -0.25) is 4.79 Å². The summed E-state index contributed by atoms with van der Waals surface area (Å²) >= 11 is 0. The first kappa shape index (κ1) is 8.44. The summed E-state index contributed by atoms with van der Waals surface area (Å²) < 4.78 is 2.48. The number of Topliss-reactive ketones (excluding diaryl/α,β-unsaturated/α-hetero) is 1. The van der Waals surface area contributed by atoms with Crippen molar-refractivity contribution in [3.8, 4) is 0 Å². The fourth-order valence-electron chi connectivity index (χ4n) is 0.785. The molecule has 0 radical (unpaired) electrons. The number of aromatic nitrogens is 4. The normalized spacial score (nSPS) is 12.0. The zero-order valence-corrected chi connectivity index (χ0v) is 6.80. The van der Waals surface area contributed by atoms with Crippen molar-refractivity contribution in [2.24, 2.45) is 12.2 Å². The maximum absolute atomic E-state index is 10.7. The fourth-order valence-corrected chi connectivity index (χ4v) is 0.785. The van der Waals surface area contributed by atoms with Crippen molar-refractivity contribution >= 4 is 5.78 Å². The lowest BCUT2D eigenvalue weighted by Gasteiger charge is -1.92. The number of hydrogen-bond acceptors (Lipinski definition) is 5. The van der Waals surface area contributed by atoms with Crippen LogP contribution in [0.25, 0.3) is 0 Å². The monoisotopic (exact) mass is 171 g/mol. The number of carbonyl (C=O) groups excluding carboxylic acids is 1. The van der Waals surface area contributed by atoms with Gasteiger partial charge < -0.3 is 5.21 Å². The van der Waals surface area contributed by atoms with Crippen LogP contribution >= 0.6 is 0 Å². The van der Waals surface area contributed by atoms with Crippen molar-refractivity contribution in [3.05, 3.63) is 5.62 Å². The van der Waals surface area contributed by atoms with E-state index in [9.17, 15) is 4.79 Å². The molecule has 0 fully saturated rings. The van der Waals surface area contributed by atoms with Crippen LogP contribution < -0.4 is 5.62 Å². The van der Waals surface area contributed by atoms with Crippen LogP contribution in [0.5, 0.6) is 0 Å². The highest BCUT2D eigenvalue weighted by atomic mass is 16.4. The predicted octanol–water partition coefficient (Wildman–Crippen LogP) is -1.50. The van der Waals surface area contributed by atoms with Crippen LogP contribution in [0, 0.1) is 0 Å². The molecule has 0 amide bonds. The molecule has 12 heavy (non-hydrogen) atoms. The largest absolute Gasteiger partial charge is 0.408 e. The molecule has 0 atom stereocenters. The number of ketones is 1. The molecule has 0 saturated carbocycles. The third kappa shape index (κ3) is 1.49. The van der Waals surface area contributed by atoms with E-state index in [0.717, 1.165) is 0 Å². The lowest BCUT2D eigenvalue weighted by atomic mass is 10.5. The number of hydrogen-bond donors (Lipinski definition) is 1. The molecule has 1 heterocycles. The zero-order valence-electron chi connectivity index (χ0n) is 6.80. The van der Waals surface area contributed by atoms with E-state index in [2.05, 4.69) is 15.6 Å². The predicted molar refractivity (Wildman–Crippen MR) is 37.0 cm³/mol. The van der Waals surface area contributed by atoms with Crippen molar-refractivity contribution in [1.29, 1.82) is 0 Å². The van der Waals surface area contributed by atoms with Crippen LogP contribution in [0.3, 0.4) is 0 Å². The van der Waals surface area contributed by atoms with E-state index in [1.54, 1.807) is 7.05 Å². The summed E-state index contributed by atoms with van der Waals surface area (Å²) in [4.78, 5) is 10.7. The van der Waals surface area contributed by atoms with Crippen LogP contribution in [-0.4, -0.2) is 30.8 Å².